The number of H-pyrrole nitrogens is 1. The fraction of sp³-hybridized carbons (Fsp3) is 0.526. The number of fused-ring (bicyclic) bond motifs is 1. The highest BCUT2D eigenvalue weighted by atomic mass is 19.1. The van der Waals surface area contributed by atoms with Crippen molar-refractivity contribution in [2.24, 2.45) is 4.99 Å². The minimum atomic E-state index is -0.204. The summed E-state index contributed by atoms with van der Waals surface area (Å²) in [7, 11) is 3.91. The molecule has 5 nitrogen and oxygen atoms in total. The lowest BCUT2D eigenvalue weighted by atomic mass is 10.1. The van der Waals surface area contributed by atoms with Crippen molar-refractivity contribution in [2.75, 3.05) is 33.7 Å². The summed E-state index contributed by atoms with van der Waals surface area (Å²) < 4.78 is 13.4. The number of nitrogens with one attached hydrogen (secondary N) is 3. The first-order chi connectivity index (χ1) is 12.0. The van der Waals surface area contributed by atoms with Gasteiger partial charge in [0.25, 0.3) is 0 Å². The van der Waals surface area contributed by atoms with Gasteiger partial charge >= 0.3 is 0 Å². The highest BCUT2D eigenvalue weighted by Gasteiger charge is 2.07. The number of hydrogen-bond acceptors (Lipinski definition) is 2. The normalized spacial score (nSPS) is 13.4. The maximum Gasteiger partial charge on any atom is 0.191 e. The molecule has 25 heavy (non-hydrogen) atoms. The molecule has 1 unspecified atom stereocenters. The Labute approximate surface area is 149 Å². The fourth-order valence-electron chi connectivity index (χ4n) is 2.78. The third-order valence-corrected chi connectivity index (χ3v) is 4.74. The number of aliphatic imine (C=N–C) groups is 1. The Kier molecular flexibility index (Phi) is 7.25. The molecule has 0 bridgehead atoms. The molecule has 0 saturated carbocycles. The number of halogens is 1. The number of likely N-dealkylation sites (N-methyl/N-ethyl adjacent to an activating group) is 1. The summed E-state index contributed by atoms with van der Waals surface area (Å²) in [6.45, 7) is 6.99. The Balaban J connectivity index is 1.78. The minimum Gasteiger partial charge on any atom is -0.361 e. The van der Waals surface area contributed by atoms with Crippen LogP contribution in [0.2, 0.25) is 0 Å². The molecule has 1 aromatic carbocycles. The van der Waals surface area contributed by atoms with E-state index >= 15 is 0 Å². The van der Waals surface area contributed by atoms with Gasteiger partial charge in [0.05, 0.1) is 0 Å². The quantitative estimate of drug-likeness (QED) is 0.508. The average Bonchev–Trinajstić information content (AvgIpc) is 3.01. The predicted molar refractivity (Wildman–Crippen MR) is 104 cm³/mol. The Morgan fingerprint density at radius 2 is 2.08 bits per heavy atom. The molecule has 1 heterocycles. The molecule has 0 aliphatic carbocycles. The number of aromatic nitrogens is 1. The van der Waals surface area contributed by atoms with Crippen LogP contribution in [-0.4, -0.2) is 55.6 Å². The van der Waals surface area contributed by atoms with Crippen molar-refractivity contribution >= 4 is 16.9 Å². The van der Waals surface area contributed by atoms with Gasteiger partial charge in [0.15, 0.2) is 5.96 Å². The van der Waals surface area contributed by atoms with Crippen LogP contribution >= 0.6 is 0 Å². The second-order valence-electron chi connectivity index (χ2n) is 6.42. The number of guanidine groups is 1. The van der Waals surface area contributed by atoms with Crippen LogP contribution in [0.4, 0.5) is 4.39 Å². The van der Waals surface area contributed by atoms with Gasteiger partial charge < -0.3 is 20.5 Å². The number of benzene rings is 1. The summed E-state index contributed by atoms with van der Waals surface area (Å²) in [6, 6.07) is 5.41. The Morgan fingerprint density at radius 3 is 2.80 bits per heavy atom. The highest BCUT2D eigenvalue weighted by Crippen LogP contribution is 2.19. The van der Waals surface area contributed by atoms with Crippen LogP contribution in [0.1, 0.15) is 25.8 Å². The Hall–Kier alpha value is -2.08. The van der Waals surface area contributed by atoms with E-state index in [4.69, 9.17) is 0 Å². The zero-order valence-corrected chi connectivity index (χ0v) is 15.7. The molecule has 2 aromatic rings. The maximum atomic E-state index is 13.4. The monoisotopic (exact) mass is 347 g/mol. The molecule has 0 amide bonds. The Morgan fingerprint density at radius 1 is 1.32 bits per heavy atom. The van der Waals surface area contributed by atoms with Crippen LogP contribution in [0.15, 0.2) is 29.4 Å². The van der Waals surface area contributed by atoms with Crippen molar-refractivity contribution in [1.82, 2.24) is 20.5 Å². The summed E-state index contributed by atoms with van der Waals surface area (Å²) >= 11 is 0. The van der Waals surface area contributed by atoms with E-state index in [9.17, 15) is 4.39 Å². The second-order valence-corrected chi connectivity index (χ2v) is 6.42. The maximum absolute atomic E-state index is 13.4. The summed E-state index contributed by atoms with van der Waals surface area (Å²) in [5.74, 6) is 0.591. The van der Waals surface area contributed by atoms with Gasteiger partial charge in [-0.25, -0.2) is 4.39 Å². The molecule has 0 spiro atoms. The molecular formula is C19H30FN5. The third-order valence-electron chi connectivity index (χ3n) is 4.74. The number of rotatable bonds is 8. The van der Waals surface area contributed by atoms with Gasteiger partial charge in [-0.15, -0.1) is 0 Å². The molecule has 138 valence electrons. The molecular weight excluding hydrogens is 317 g/mol. The van der Waals surface area contributed by atoms with Crippen molar-refractivity contribution in [3.8, 4) is 0 Å². The summed E-state index contributed by atoms with van der Waals surface area (Å²) in [5, 5.41) is 7.60. The molecule has 0 aliphatic rings. The zero-order valence-electron chi connectivity index (χ0n) is 15.7. The van der Waals surface area contributed by atoms with Crippen LogP contribution in [0.25, 0.3) is 10.9 Å². The van der Waals surface area contributed by atoms with Crippen molar-refractivity contribution < 1.29 is 4.39 Å². The van der Waals surface area contributed by atoms with Gasteiger partial charge in [-0.2, -0.15) is 0 Å². The molecule has 2 rings (SSSR count). The van der Waals surface area contributed by atoms with Crippen molar-refractivity contribution in [3.05, 3.63) is 35.8 Å². The van der Waals surface area contributed by atoms with Gasteiger partial charge in [-0.05, 0) is 50.6 Å². The largest absolute Gasteiger partial charge is 0.361 e. The number of hydrogen-bond donors (Lipinski definition) is 3. The summed E-state index contributed by atoms with van der Waals surface area (Å²) in [6.07, 6.45) is 3.90. The summed E-state index contributed by atoms with van der Waals surface area (Å²) in [5.41, 5.74) is 2.07. The predicted octanol–water partition coefficient (Wildman–Crippen LogP) is 2.74. The van der Waals surface area contributed by atoms with E-state index in [0.29, 0.717) is 6.04 Å². The van der Waals surface area contributed by atoms with E-state index in [2.05, 4.69) is 46.4 Å². The van der Waals surface area contributed by atoms with Gasteiger partial charge in [0.2, 0.25) is 0 Å². The molecule has 0 aliphatic heterocycles. The van der Waals surface area contributed by atoms with E-state index in [1.807, 2.05) is 6.20 Å². The number of nitrogens with zero attached hydrogens (tertiary/aromatic N) is 2. The average molecular weight is 347 g/mol. The SMILES string of the molecule is CCC(C)N(C)CCNC(=NC)NCCc1c[nH]c2ccc(F)cc12. The van der Waals surface area contributed by atoms with Crippen LogP contribution < -0.4 is 10.6 Å². The standard InChI is InChI=1S/C19H30FN5/c1-5-14(2)25(4)11-10-23-19(21-3)22-9-8-15-13-24-18-7-6-16(20)12-17(15)18/h6-7,12-14,24H,5,8-11H2,1-4H3,(H2,21,22,23). The van der Waals surface area contributed by atoms with Crippen LogP contribution in [-0.2, 0) is 6.42 Å². The van der Waals surface area contributed by atoms with Crippen molar-refractivity contribution in [3.63, 3.8) is 0 Å². The fourth-order valence-corrected chi connectivity index (χ4v) is 2.78. The van der Waals surface area contributed by atoms with Crippen molar-refractivity contribution in [2.45, 2.75) is 32.7 Å². The van der Waals surface area contributed by atoms with Crippen LogP contribution in [0, 0.1) is 5.82 Å². The number of aromatic amines is 1. The molecule has 3 N–H and O–H groups in total. The first-order valence-electron chi connectivity index (χ1n) is 8.95. The summed E-state index contributed by atoms with van der Waals surface area (Å²) in [4.78, 5) is 9.77. The molecule has 0 fully saturated rings. The van der Waals surface area contributed by atoms with Gasteiger partial charge in [0.1, 0.15) is 5.82 Å². The Bertz CT molecular complexity index is 694. The lowest BCUT2D eigenvalue weighted by Crippen LogP contribution is -2.42. The van der Waals surface area contributed by atoms with E-state index in [-0.39, 0.29) is 5.82 Å². The van der Waals surface area contributed by atoms with Crippen LogP contribution in [0.3, 0.4) is 0 Å². The molecule has 6 heteroatoms. The van der Waals surface area contributed by atoms with E-state index < -0.39 is 0 Å². The lowest BCUT2D eigenvalue weighted by molar-refractivity contribution is 0.255. The second kappa shape index (κ2) is 9.42. The van der Waals surface area contributed by atoms with Gasteiger partial charge in [-0.1, -0.05) is 6.92 Å². The first-order valence-corrected chi connectivity index (χ1v) is 8.95. The molecule has 0 saturated heterocycles. The minimum absolute atomic E-state index is 0.204. The van der Waals surface area contributed by atoms with E-state index in [1.165, 1.54) is 6.07 Å². The van der Waals surface area contributed by atoms with Crippen molar-refractivity contribution in [1.29, 1.82) is 0 Å². The highest BCUT2D eigenvalue weighted by molar-refractivity contribution is 5.83. The van der Waals surface area contributed by atoms with E-state index in [0.717, 1.165) is 54.9 Å². The lowest BCUT2D eigenvalue weighted by Gasteiger charge is -2.23. The zero-order chi connectivity index (χ0) is 18.2. The first kappa shape index (κ1) is 19.2. The molecule has 1 atom stereocenters. The smallest absolute Gasteiger partial charge is 0.191 e. The molecule has 0 radical (unpaired) electrons. The van der Waals surface area contributed by atoms with Gasteiger partial charge in [0, 0.05) is 49.8 Å². The van der Waals surface area contributed by atoms with E-state index in [1.54, 1.807) is 19.2 Å². The topological polar surface area (TPSA) is 55.4 Å². The van der Waals surface area contributed by atoms with Crippen LogP contribution in [0.5, 0.6) is 0 Å². The third kappa shape index (κ3) is 5.46. The van der Waals surface area contributed by atoms with Gasteiger partial charge in [-0.3, -0.25) is 4.99 Å². The molecule has 1 aromatic heterocycles.